The second-order valence-corrected chi connectivity index (χ2v) is 4.40. The van der Waals surface area contributed by atoms with E-state index in [1.807, 2.05) is 18.2 Å². The molecular formula is C15H16N2O3. The van der Waals surface area contributed by atoms with Crippen molar-refractivity contribution in [3.8, 4) is 0 Å². The summed E-state index contributed by atoms with van der Waals surface area (Å²) >= 11 is 0. The number of aryl methyl sites for hydroxylation is 1. The van der Waals surface area contributed by atoms with Gasteiger partial charge in [0.15, 0.2) is 0 Å². The number of para-hydroxylation sites is 2. The summed E-state index contributed by atoms with van der Waals surface area (Å²) in [5, 5.41) is 0. The number of benzene rings is 1. The number of fused-ring (bicyclic) bond motifs is 1. The smallest absolute Gasteiger partial charge is 0.335 e. The Morgan fingerprint density at radius 1 is 1.40 bits per heavy atom. The maximum Gasteiger partial charge on any atom is 0.335 e. The average Bonchev–Trinajstić information content (AvgIpc) is 2.43. The Morgan fingerprint density at radius 2 is 2.10 bits per heavy atom. The van der Waals surface area contributed by atoms with Gasteiger partial charge in [-0.25, -0.2) is 9.78 Å². The zero-order chi connectivity index (χ0) is 14.7. The van der Waals surface area contributed by atoms with E-state index in [0.29, 0.717) is 16.7 Å². The van der Waals surface area contributed by atoms with Crippen LogP contribution in [0.1, 0.15) is 12.6 Å². The highest BCUT2D eigenvalue weighted by Crippen LogP contribution is 2.11. The van der Waals surface area contributed by atoms with Gasteiger partial charge in [0, 0.05) is 5.57 Å². The lowest BCUT2D eigenvalue weighted by molar-refractivity contribution is -0.138. The van der Waals surface area contributed by atoms with Gasteiger partial charge in [-0.1, -0.05) is 18.7 Å². The molecule has 2 rings (SSSR count). The lowest BCUT2D eigenvalue weighted by Gasteiger charge is -2.12. The van der Waals surface area contributed by atoms with Crippen LogP contribution >= 0.6 is 0 Å². The molecule has 0 aliphatic heterocycles. The molecule has 0 atom stereocenters. The number of hydrogen-bond acceptors (Lipinski definition) is 4. The predicted molar refractivity (Wildman–Crippen MR) is 76.5 cm³/mol. The average molecular weight is 272 g/mol. The third-order valence-electron chi connectivity index (χ3n) is 2.93. The minimum atomic E-state index is -0.488. The van der Waals surface area contributed by atoms with E-state index in [0.717, 1.165) is 0 Å². The van der Waals surface area contributed by atoms with Gasteiger partial charge in [0.2, 0.25) is 0 Å². The zero-order valence-electron chi connectivity index (χ0n) is 11.5. The second-order valence-electron chi connectivity index (χ2n) is 4.40. The molecule has 1 aromatic heterocycles. The number of nitrogens with zero attached hydrogens (tertiary/aromatic N) is 2. The van der Waals surface area contributed by atoms with E-state index in [-0.39, 0.29) is 24.3 Å². The topological polar surface area (TPSA) is 61.2 Å². The van der Waals surface area contributed by atoms with Crippen molar-refractivity contribution in [2.45, 2.75) is 20.4 Å². The number of carbonyl (C=O) groups excluding carboxylic acids is 1. The molecule has 0 aliphatic rings. The Hall–Kier alpha value is -2.43. The van der Waals surface area contributed by atoms with Gasteiger partial charge >= 0.3 is 5.97 Å². The summed E-state index contributed by atoms with van der Waals surface area (Å²) in [6.45, 7) is 7.45. The number of aromatic nitrogens is 2. The molecule has 0 aliphatic carbocycles. The lowest BCUT2D eigenvalue weighted by Crippen LogP contribution is -2.26. The highest BCUT2D eigenvalue weighted by molar-refractivity contribution is 5.88. The summed E-state index contributed by atoms with van der Waals surface area (Å²) in [5.41, 5.74) is 1.79. The summed E-state index contributed by atoms with van der Waals surface area (Å²) in [6, 6.07) is 7.29. The minimum absolute atomic E-state index is 0.0988. The molecular weight excluding hydrogens is 256 g/mol. The first-order valence-electron chi connectivity index (χ1n) is 6.35. The van der Waals surface area contributed by atoms with E-state index in [2.05, 4.69) is 11.6 Å². The molecule has 0 spiro atoms. The van der Waals surface area contributed by atoms with Crippen LogP contribution in [-0.2, 0) is 16.1 Å². The van der Waals surface area contributed by atoms with Gasteiger partial charge in [0.1, 0.15) is 5.69 Å². The Labute approximate surface area is 116 Å². The highest BCUT2D eigenvalue weighted by Gasteiger charge is 2.13. The fourth-order valence-corrected chi connectivity index (χ4v) is 1.97. The Kier molecular flexibility index (Phi) is 3.98. The van der Waals surface area contributed by atoms with Gasteiger partial charge in [-0.05, 0) is 26.0 Å². The van der Waals surface area contributed by atoms with E-state index in [9.17, 15) is 9.59 Å². The Bertz CT molecular complexity index is 731. The predicted octanol–water partition coefficient (Wildman–Crippen LogP) is 1.82. The summed E-state index contributed by atoms with van der Waals surface area (Å²) in [4.78, 5) is 28.1. The molecule has 2 aromatic rings. The monoisotopic (exact) mass is 272 g/mol. The van der Waals surface area contributed by atoms with Gasteiger partial charge in [0.05, 0.1) is 24.2 Å². The molecule has 5 nitrogen and oxygen atoms in total. The number of esters is 1. The second kappa shape index (κ2) is 5.69. The molecule has 1 heterocycles. The number of carbonyl (C=O) groups is 1. The van der Waals surface area contributed by atoms with Gasteiger partial charge < -0.3 is 9.30 Å². The van der Waals surface area contributed by atoms with E-state index in [4.69, 9.17) is 4.74 Å². The quantitative estimate of drug-likeness (QED) is 0.629. The van der Waals surface area contributed by atoms with Gasteiger partial charge in [-0.15, -0.1) is 0 Å². The maximum atomic E-state index is 12.2. The summed E-state index contributed by atoms with van der Waals surface area (Å²) < 4.78 is 6.39. The molecule has 0 fully saturated rings. The molecule has 20 heavy (non-hydrogen) atoms. The number of rotatable bonds is 4. The maximum absolute atomic E-state index is 12.2. The minimum Gasteiger partial charge on any atom is -0.463 e. The summed E-state index contributed by atoms with van der Waals surface area (Å²) in [7, 11) is 0. The van der Waals surface area contributed by atoms with E-state index in [1.165, 1.54) is 4.57 Å². The van der Waals surface area contributed by atoms with Crippen molar-refractivity contribution in [2.75, 3.05) is 6.61 Å². The fourth-order valence-electron chi connectivity index (χ4n) is 1.97. The van der Waals surface area contributed by atoms with Crippen LogP contribution in [0.4, 0.5) is 0 Å². The van der Waals surface area contributed by atoms with Crippen molar-refractivity contribution in [2.24, 2.45) is 0 Å². The van der Waals surface area contributed by atoms with Gasteiger partial charge in [0.25, 0.3) is 5.56 Å². The van der Waals surface area contributed by atoms with Gasteiger partial charge in [-0.3, -0.25) is 4.79 Å². The first-order valence-corrected chi connectivity index (χ1v) is 6.35. The van der Waals surface area contributed by atoms with Crippen LogP contribution in [0.5, 0.6) is 0 Å². The molecule has 0 bridgehead atoms. The Balaban J connectivity index is 2.48. The molecule has 104 valence electrons. The van der Waals surface area contributed by atoms with Crippen molar-refractivity contribution in [3.63, 3.8) is 0 Å². The normalized spacial score (nSPS) is 10.5. The largest absolute Gasteiger partial charge is 0.463 e. The van der Waals surface area contributed by atoms with Crippen LogP contribution in [0.15, 0.2) is 41.2 Å². The first kappa shape index (κ1) is 14.0. The van der Waals surface area contributed by atoms with Crippen LogP contribution < -0.4 is 5.56 Å². The van der Waals surface area contributed by atoms with Crippen molar-refractivity contribution < 1.29 is 9.53 Å². The molecule has 0 saturated carbocycles. The summed E-state index contributed by atoms with van der Waals surface area (Å²) in [6.07, 6.45) is 0. The fraction of sp³-hybridized carbons (Fsp3) is 0.267. The SMILES string of the molecule is C=C(Cn1c(=O)c(C)nc2ccccc21)C(=O)OCC. The molecule has 5 heteroatoms. The molecule has 0 radical (unpaired) electrons. The summed E-state index contributed by atoms with van der Waals surface area (Å²) in [5.74, 6) is -0.488. The number of hydrogen-bond donors (Lipinski definition) is 0. The number of ether oxygens (including phenoxy) is 1. The highest BCUT2D eigenvalue weighted by atomic mass is 16.5. The molecule has 0 N–H and O–H groups in total. The molecule has 0 amide bonds. The van der Waals surface area contributed by atoms with Gasteiger partial charge in [-0.2, -0.15) is 0 Å². The van der Waals surface area contributed by atoms with Crippen molar-refractivity contribution in [1.82, 2.24) is 9.55 Å². The van der Waals surface area contributed by atoms with Crippen molar-refractivity contribution >= 4 is 17.0 Å². The van der Waals surface area contributed by atoms with Crippen LogP contribution in [0.3, 0.4) is 0 Å². The van der Waals surface area contributed by atoms with Crippen LogP contribution in [0.2, 0.25) is 0 Å². The standard InChI is InChI=1S/C15H16N2O3/c1-4-20-15(19)10(2)9-17-13-8-6-5-7-12(13)16-11(3)14(17)18/h5-8H,2,4,9H2,1,3H3. The van der Waals surface area contributed by atoms with Crippen molar-refractivity contribution in [1.29, 1.82) is 0 Å². The Morgan fingerprint density at radius 3 is 2.80 bits per heavy atom. The van der Waals surface area contributed by atoms with Crippen molar-refractivity contribution in [3.05, 3.63) is 52.5 Å². The van der Waals surface area contributed by atoms with Crippen LogP contribution in [-0.4, -0.2) is 22.1 Å². The van der Waals surface area contributed by atoms with E-state index < -0.39 is 5.97 Å². The molecule has 1 aromatic carbocycles. The molecule has 0 unspecified atom stereocenters. The third kappa shape index (κ3) is 2.61. The lowest BCUT2D eigenvalue weighted by atomic mass is 10.2. The third-order valence-corrected chi connectivity index (χ3v) is 2.93. The van der Waals surface area contributed by atoms with E-state index in [1.54, 1.807) is 19.9 Å². The van der Waals surface area contributed by atoms with Crippen LogP contribution in [0, 0.1) is 6.92 Å². The van der Waals surface area contributed by atoms with E-state index >= 15 is 0 Å². The zero-order valence-corrected chi connectivity index (χ0v) is 11.5. The van der Waals surface area contributed by atoms with Crippen LogP contribution in [0.25, 0.3) is 11.0 Å². The first-order chi connectivity index (χ1) is 9.54. The molecule has 0 saturated heterocycles.